The van der Waals surface area contributed by atoms with Gasteiger partial charge in [-0.15, -0.1) is 0 Å². The number of rotatable bonds is 5. The smallest absolute Gasteiger partial charge is 0.262 e. The second-order valence-electron chi connectivity index (χ2n) is 3.64. The Labute approximate surface area is 106 Å². The van der Waals surface area contributed by atoms with Crippen LogP contribution >= 0.6 is 11.8 Å². The Balaban J connectivity index is 5.04. The molecule has 0 aromatic rings. The Hall–Kier alpha value is -1.36. The number of carbonyl (C=O) groups excluding carboxylic acids is 3. The minimum Gasteiger partial charge on any atom is -0.274 e. The first kappa shape index (κ1) is 15.6. The second-order valence-corrected chi connectivity index (χ2v) is 4.63. The van der Waals surface area contributed by atoms with Crippen LogP contribution in [0.5, 0.6) is 0 Å². The van der Waals surface area contributed by atoms with Gasteiger partial charge in [0, 0.05) is 23.3 Å². The number of imide groups is 3. The van der Waals surface area contributed by atoms with Crippen molar-refractivity contribution >= 4 is 29.5 Å². The van der Waals surface area contributed by atoms with E-state index in [4.69, 9.17) is 0 Å². The lowest BCUT2D eigenvalue weighted by Gasteiger charge is -2.18. The van der Waals surface area contributed by atoms with Crippen LogP contribution in [0.4, 0.5) is 0 Å². The van der Waals surface area contributed by atoms with Crippen LogP contribution in [0.2, 0.25) is 0 Å². The van der Waals surface area contributed by atoms with Crippen molar-refractivity contribution in [2.45, 2.75) is 20.3 Å². The zero-order valence-corrected chi connectivity index (χ0v) is 11.2. The summed E-state index contributed by atoms with van der Waals surface area (Å²) in [7, 11) is 0. The van der Waals surface area contributed by atoms with Gasteiger partial charge in [-0.05, 0) is 20.1 Å². The fourth-order valence-electron chi connectivity index (χ4n) is 1.00. The van der Waals surface area contributed by atoms with Gasteiger partial charge in [-0.2, -0.15) is 11.8 Å². The molecule has 0 N–H and O–H groups in total. The van der Waals surface area contributed by atoms with E-state index in [1.165, 1.54) is 25.6 Å². The zero-order valence-electron chi connectivity index (χ0n) is 10.4. The van der Waals surface area contributed by atoms with E-state index >= 15 is 0 Å². The van der Waals surface area contributed by atoms with E-state index in [1.807, 2.05) is 6.26 Å². The highest BCUT2D eigenvalue weighted by Gasteiger charge is 2.28. The maximum Gasteiger partial charge on any atom is 0.262 e. The van der Waals surface area contributed by atoms with E-state index in [-0.39, 0.29) is 17.6 Å². The maximum absolute atomic E-state index is 11.8. The Bertz CT molecular complexity index is 348. The molecule has 0 heterocycles. The molecule has 0 bridgehead atoms. The summed E-state index contributed by atoms with van der Waals surface area (Å²) in [5.41, 5.74) is 0.300. The third-order valence-electron chi connectivity index (χ3n) is 1.91. The highest BCUT2D eigenvalue weighted by atomic mass is 32.2. The average molecular weight is 255 g/mol. The quantitative estimate of drug-likeness (QED) is 0.703. The van der Waals surface area contributed by atoms with E-state index in [9.17, 15) is 14.4 Å². The lowest BCUT2D eigenvalue weighted by atomic mass is 10.2. The summed E-state index contributed by atoms with van der Waals surface area (Å²) in [5.74, 6) is -1.28. The van der Waals surface area contributed by atoms with Gasteiger partial charge in [-0.1, -0.05) is 13.2 Å². The molecule has 17 heavy (non-hydrogen) atoms. The predicted molar refractivity (Wildman–Crippen MR) is 69.5 cm³/mol. The van der Waals surface area contributed by atoms with Gasteiger partial charge in [-0.25, -0.2) is 4.90 Å². The van der Waals surface area contributed by atoms with Crippen molar-refractivity contribution in [3.63, 3.8) is 0 Å². The van der Waals surface area contributed by atoms with Gasteiger partial charge in [0.15, 0.2) is 0 Å². The van der Waals surface area contributed by atoms with Crippen LogP contribution in [0.1, 0.15) is 20.3 Å². The number of hydrogen-bond acceptors (Lipinski definition) is 4. The number of carbonyl (C=O) groups is 3. The van der Waals surface area contributed by atoms with Crippen LogP contribution in [0, 0.1) is 0 Å². The Morgan fingerprint density at radius 2 is 1.47 bits per heavy atom. The predicted octanol–water partition coefficient (Wildman–Crippen LogP) is 1.77. The van der Waals surface area contributed by atoms with Crippen LogP contribution in [-0.4, -0.2) is 34.6 Å². The lowest BCUT2D eigenvalue weighted by Crippen LogP contribution is -2.42. The summed E-state index contributed by atoms with van der Waals surface area (Å²) in [6.45, 7) is 9.82. The molecule has 0 atom stereocenters. The molecule has 94 valence electrons. The molecular formula is C12H17NO3S. The van der Waals surface area contributed by atoms with Crippen molar-refractivity contribution in [3.8, 4) is 0 Å². The average Bonchev–Trinajstić information content (AvgIpc) is 2.25. The van der Waals surface area contributed by atoms with E-state index in [0.29, 0.717) is 10.7 Å². The molecule has 0 aliphatic rings. The Kier molecular flexibility index (Phi) is 6.50. The van der Waals surface area contributed by atoms with Gasteiger partial charge in [0.25, 0.3) is 11.8 Å². The first-order valence-corrected chi connectivity index (χ1v) is 6.43. The third kappa shape index (κ3) is 4.56. The maximum atomic E-state index is 11.8. The van der Waals surface area contributed by atoms with Crippen molar-refractivity contribution in [2.75, 3.05) is 12.0 Å². The molecule has 3 amide bonds. The van der Waals surface area contributed by atoms with Gasteiger partial charge < -0.3 is 0 Å². The molecular weight excluding hydrogens is 238 g/mol. The highest BCUT2D eigenvalue weighted by Crippen LogP contribution is 2.09. The molecule has 0 radical (unpaired) electrons. The summed E-state index contributed by atoms with van der Waals surface area (Å²) in [4.78, 5) is 35.9. The first-order chi connectivity index (χ1) is 7.82. The summed E-state index contributed by atoms with van der Waals surface area (Å²) in [6, 6.07) is 0. The van der Waals surface area contributed by atoms with Crippen molar-refractivity contribution < 1.29 is 14.4 Å². The number of hydrogen-bond donors (Lipinski definition) is 0. The summed E-state index contributed by atoms with van der Waals surface area (Å²) in [5, 5.41) is 0. The number of thioether (sulfide) groups is 1. The van der Waals surface area contributed by atoms with Crippen molar-refractivity contribution in [1.82, 2.24) is 4.90 Å². The van der Waals surface area contributed by atoms with E-state index < -0.39 is 17.7 Å². The SMILES string of the molecule is C=C(C)C(=O)N(C(=O)CCSC)C(=O)C(=C)C. The Morgan fingerprint density at radius 1 is 1.06 bits per heavy atom. The van der Waals surface area contributed by atoms with Gasteiger partial charge in [-0.3, -0.25) is 14.4 Å². The molecule has 0 aliphatic heterocycles. The van der Waals surface area contributed by atoms with Crippen molar-refractivity contribution in [1.29, 1.82) is 0 Å². The van der Waals surface area contributed by atoms with E-state index in [1.54, 1.807) is 0 Å². The number of nitrogens with zero attached hydrogens (tertiary/aromatic N) is 1. The number of amides is 3. The van der Waals surface area contributed by atoms with Crippen molar-refractivity contribution in [2.24, 2.45) is 0 Å². The second kappa shape index (κ2) is 7.06. The molecule has 0 saturated heterocycles. The molecule has 0 rings (SSSR count). The fraction of sp³-hybridized carbons (Fsp3) is 0.417. The molecule has 4 nitrogen and oxygen atoms in total. The molecule has 0 unspecified atom stereocenters. The monoisotopic (exact) mass is 255 g/mol. The first-order valence-electron chi connectivity index (χ1n) is 5.04. The van der Waals surface area contributed by atoms with Gasteiger partial charge in [0.2, 0.25) is 5.91 Å². The molecule has 0 aromatic carbocycles. The Morgan fingerprint density at radius 3 is 1.76 bits per heavy atom. The lowest BCUT2D eigenvalue weighted by molar-refractivity contribution is -0.150. The minimum atomic E-state index is -0.663. The summed E-state index contributed by atoms with van der Waals surface area (Å²) >= 11 is 1.47. The highest BCUT2D eigenvalue weighted by molar-refractivity contribution is 7.98. The van der Waals surface area contributed by atoms with Crippen LogP contribution in [-0.2, 0) is 14.4 Å². The zero-order chi connectivity index (χ0) is 13.6. The molecule has 0 saturated carbocycles. The van der Waals surface area contributed by atoms with Crippen molar-refractivity contribution in [3.05, 3.63) is 24.3 Å². The molecule has 5 heteroatoms. The summed E-state index contributed by atoms with van der Waals surface area (Å²) in [6.07, 6.45) is 1.98. The van der Waals surface area contributed by atoms with Gasteiger partial charge >= 0.3 is 0 Å². The normalized spacial score (nSPS) is 9.59. The summed E-state index contributed by atoms with van der Waals surface area (Å²) < 4.78 is 0. The van der Waals surface area contributed by atoms with Crippen LogP contribution in [0.3, 0.4) is 0 Å². The molecule has 0 aromatic heterocycles. The van der Waals surface area contributed by atoms with Crippen LogP contribution < -0.4 is 0 Å². The molecule has 0 spiro atoms. The van der Waals surface area contributed by atoms with E-state index in [0.717, 1.165) is 0 Å². The fourth-order valence-corrected chi connectivity index (χ4v) is 1.38. The minimum absolute atomic E-state index is 0.138. The van der Waals surface area contributed by atoms with Gasteiger partial charge in [0.05, 0.1) is 0 Å². The van der Waals surface area contributed by atoms with Gasteiger partial charge in [0.1, 0.15) is 0 Å². The molecule has 0 aliphatic carbocycles. The van der Waals surface area contributed by atoms with Crippen LogP contribution in [0.25, 0.3) is 0 Å². The third-order valence-corrected chi connectivity index (χ3v) is 2.52. The topological polar surface area (TPSA) is 54.5 Å². The van der Waals surface area contributed by atoms with E-state index in [2.05, 4.69) is 13.2 Å². The largest absolute Gasteiger partial charge is 0.274 e. The molecule has 0 fully saturated rings. The standard InChI is InChI=1S/C12H17NO3S/c1-8(2)11(15)13(12(16)9(3)4)10(14)6-7-17-5/h1,3,6-7H2,2,4-5H3. The van der Waals surface area contributed by atoms with Crippen LogP contribution in [0.15, 0.2) is 24.3 Å².